The van der Waals surface area contributed by atoms with Crippen LogP contribution in [0.3, 0.4) is 0 Å². The molecule has 0 heterocycles. The molecule has 0 aromatic heterocycles. The van der Waals surface area contributed by atoms with Gasteiger partial charge in [0, 0.05) is 6.54 Å². The van der Waals surface area contributed by atoms with Gasteiger partial charge in [-0.15, -0.1) is 0 Å². The summed E-state index contributed by atoms with van der Waals surface area (Å²) < 4.78 is 0. The first-order valence-electron chi connectivity index (χ1n) is 7.72. The number of rotatable bonds is 5. The molecule has 98 valence electrons. The second kappa shape index (κ2) is 5.88. The lowest BCUT2D eigenvalue weighted by molar-refractivity contribution is 0.342. The van der Waals surface area contributed by atoms with E-state index in [0.717, 1.165) is 18.4 Å². The van der Waals surface area contributed by atoms with Gasteiger partial charge in [0.25, 0.3) is 0 Å². The fourth-order valence-corrected chi connectivity index (χ4v) is 3.29. The highest BCUT2D eigenvalue weighted by molar-refractivity contribution is 5.33. The average Bonchev–Trinajstić information content (AvgIpc) is 3.25. The minimum atomic E-state index is 0.873. The molecule has 0 amide bonds. The van der Waals surface area contributed by atoms with Gasteiger partial charge in [0.15, 0.2) is 0 Å². The predicted octanol–water partition coefficient (Wildman–Crippen LogP) is 4.23. The van der Waals surface area contributed by atoms with E-state index in [1.165, 1.54) is 57.1 Å². The minimum Gasteiger partial charge on any atom is -0.312 e. The molecule has 0 saturated heterocycles. The van der Waals surface area contributed by atoms with Crippen LogP contribution in [0, 0.1) is 5.92 Å². The minimum absolute atomic E-state index is 0.873. The standard InChI is InChI=1S/C17H25N/c1-2-6-14(7-3-1)12-18-13-16-8-4-5-9-17(16)15-10-11-15/h4-5,8-9,14-15,18H,1-3,6-7,10-13H2. The van der Waals surface area contributed by atoms with Crippen LogP contribution >= 0.6 is 0 Å². The molecule has 0 aliphatic heterocycles. The fraction of sp³-hybridized carbons (Fsp3) is 0.647. The van der Waals surface area contributed by atoms with Gasteiger partial charge in [-0.3, -0.25) is 0 Å². The molecule has 1 aromatic rings. The number of benzene rings is 1. The smallest absolute Gasteiger partial charge is 0.0208 e. The van der Waals surface area contributed by atoms with Crippen LogP contribution in [0.5, 0.6) is 0 Å². The van der Waals surface area contributed by atoms with Crippen molar-refractivity contribution in [2.24, 2.45) is 5.92 Å². The Labute approximate surface area is 111 Å². The van der Waals surface area contributed by atoms with E-state index in [0.29, 0.717) is 0 Å². The van der Waals surface area contributed by atoms with Crippen LogP contribution in [0.15, 0.2) is 24.3 Å². The van der Waals surface area contributed by atoms with Crippen LogP contribution in [-0.4, -0.2) is 6.54 Å². The molecule has 0 unspecified atom stereocenters. The van der Waals surface area contributed by atoms with E-state index in [1.807, 2.05) is 0 Å². The first kappa shape index (κ1) is 12.2. The Morgan fingerprint density at radius 3 is 2.50 bits per heavy atom. The molecule has 1 nitrogen and oxygen atoms in total. The Morgan fingerprint density at radius 1 is 0.944 bits per heavy atom. The predicted molar refractivity (Wildman–Crippen MR) is 76.7 cm³/mol. The van der Waals surface area contributed by atoms with Crippen molar-refractivity contribution in [3.8, 4) is 0 Å². The third kappa shape index (κ3) is 3.14. The van der Waals surface area contributed by atoms with Gasteiger partial charge in [0.2, 0.25) is 0 Å². The van der Waals surface area contributed by atoms with Gasteiger partial charge in [-0.05, 0) is 55.2 Å². The molecule has 2 saturated carbocycles. The van der Waals surface area contributed by atoms with Gasteiger partial charge < -0.3 is 5.32 Å². The summed E-state index contributed by atoms with van der Waals surface area (Å²) in [5.74, 6) is 1.81. The molecule has 1 aromatic carbocycles. The lowest BCUT2D eigenvalue weighted by Crippen LogP contribution is -2.24. The molecule has 18 heavy (non-hydrogen) atoms. The molecule has 2 fully saturated rings. The van der Waals surface area contributed by atoms with E-state index in [1.54, 1.807) is 5.56 Å². The number of nitrogens with one attached hydrogen (secondary N) is 1. The van der Waals surface area contributed by atoms with Crippen LogP contribution in [0.4, 0.5) is 0 Å². The van der Waals surface area contributed by atoms with Crippen molar-refractivity contribution in [3.63, 3.8) is 0 Å². The molecular weight excluding hydrogens is 218 g/mol. The lowest BCUT2D eigenvalue weighted by atomic mass is 9.89. The summed E-state index contributed by atoms with van der Waals surface area (Å²) in [6.07, 6.45) is 10.0. The molecule has 2 aliphatic rings. The van der Waals surface area contributed by atoms with Crippen molar-refractivity contribution < 1.29 is 0 Å². The van der Waals surface area contributed by atoms with Gasteiger partial charge in [-0.25, -0.2) is 0 Å². The van der Waals surface area contributed by atoms with E-state index < -0.39 is 0 Å². The Kier molecular flexibility index (Phi) is 3.99. The quantitative estimate of drug-likeness (QED) is 0.816. The Bertz CT molecular complexity index is 375. The zero-order chi connectivity index (χ0) is 12.2. The summed E-state index contributed by atoms with van der Waals surface area (Å²) >= 11 is 0. The van der Waals surface area contributed by atoms with Gasteiger partial charge in [0.1, 0.15) is 0 Å². The molecule has 0 radical (unpaired) electrons. The van der Waals surface area contributed by atoms with Gasteiger partial charge in [0.05, 0.1) is 0 Å². The van der Waals surface area contributed by atoms with E-state index in [2.05, 4.69) is 29.6 Å². The second-order valence-corrected chi connectivity index (χ2v) is 6.11. The molecule has 0 atom stereocenters. The zero-order valence-electron chi connectivity index (χ0n) is 11.3. The molecular formula is C17H25N. The third-order valence-corrected chi connectivity index (χ3v) is 4.55. The van der Waals surface area contributed by atoms with Crippen molar-refractivity contribution in [2.45, 2.75) is 57.4 Å². The SMILES string of the molecule is c1ccc(C2CC2)c(CNCC2CCCCC2)c1. The van der Waals surface area contributed by atoms with E-state index in [9.17, 15) is 0 Å². The van der Waals surface area contributed by atoms with Gasteiger partial charge >= 0.3 is 0 Å². The van der Waals surface area contributed by atoms with Crippen molar-refractivity contribution in [2.75, 3.05) is 6.54 Å². The van der Waals surface area contributed by atoms with Crippen LogP contribution in [-0.2, 0) is 6.54 Å². The van der Waals surface area contributed by atoms with Crippen molar-refractivity contribution in [1.29, 1.82) is 0 Å². The van der Waals surface area contributed by atoms with Gasteiger partial charge in [-0.2, -0.15) is 0 Å². The fourth-order valence-electron chi connectivity index (χ4n) is 3.29. The van der Waals surface area contributed by atoms with E-state index in [4.69, 9.17) is 0 Å². The van der Waals surface area contributed by atoms with Crippen LogP contribution in [0.2, 0.25) is 0 Å². The van der Waals surface area contributed by atoms with Gasteiger partial charge in [-0.1, -0.05) is 43.5 Å². The summed E-state index contributed by atoms with van der Waals surface area (Å²) in [6, 6.07) is 9.01. The Hall–Kier alpha value is -0.820. The maximum Gasteiger partial charge on any atom is 0.0208 e. The summed E-state index contributed by atoms with van der Waals surface area (Å²) in [4.78, 5) is 0. The maximum absolute atomic E-state index is 3.69. The monoisotopic (exact) mass is 243 g/mol. The van der Waals surface area contributed by atoms with Crippen molar-refractivity contribution in [3.05, 3.63) is 35.4 Å². The normalized spacial score (nSPS) is 21.1. The molecule has 0 bridgehead atoms. The van der Waals surface area contributed by atoms with E-state index in [-0.39, 0.29) is 0 Å². The molecule has 2 aliphatic carbocycles. The summed E-state index contributed by atoms with van der Waals surface area (Å²) in [5, 5.41) is 3.69. The summed E-state index contributed by atoms with van der Waals surface area (Å²) in [7, 11) is 0. The largest absolute Gasteiger partial charge is 0.312 e. The topological polar surface area (TPSA) is 12.0 Å². The van der Waals surface area contributed by atoms with E-state index >= 15 is 0 Å². The Morgan fingerprint density at radius 2 is 1.72 bits per heavy atom. The number of hydrogen-bond acceptors (Lipinski definition) is 1. The highest BCUT2D eigenvalue weighted by Gasteiger charge is 2.25. The summed E-state index contributed by atoms with van der Waals surface area (Å²) in [6.45, 7) is 2.29. The molecule has 1 N–H and O–H groups in total. The lowest BCUT2D eigenvalue weighted by Gasteiger charge is -2.22. The first-order chi connectivity index (χ1) is 8.93. The number of hydrogen-bond donors (Lipinski definition) is 1. The molecule has 3 rings (SSSR count). The highest BCUT2D eigenvalue weighted by atomic mass is 14.9. The van der Waals surface area contributed by atoms with Crippen LogP contribution in [0.25, 0.3) is 0 Å². The third-order valence-electron chi connectivity index (χ3n) is 4.55. The van der Waals surface area contributed by atoms with Crippen LogP contribution < -0.4 is 5.32 Å². The first-order valence-corrected chi connectivity index (χ1v) is 7.72. The second-order valence-electron chi connectivity index (χ2n) is 6.11. The highest BCUT2D eigenvalue weighted by Crippen LogP contribution is 2.41. The summed E-state index contributed by atoms with van der Waals surface area (Å²) in [5.41, 5.74) is 3.14. The van der Waals surface area contributed by atoms with Crippen molar-refractivity contribution in [1.82, 2.24) is 5.32 Å². The maximum atomic E-state index is 3.69. The van der Waals surface area contributed by atoms with Crippen LogP contribution in [0.1, 0.15) is 62.0 Å². The molecule has 1 heteroatoms. The van der Waals surface area contributed by atoms with Crippen molar-refractivity contribution >= 4 is 0 Å². The Balaban J connectivity index is 1.50. The molecule has 0 spiro atoms. The zero-order valence-corrected chi connectivity index (χ0v) is 11.3. The average molecular weight is 243 g/mol.